The minimum atomic E-state index is -0.590. The average Bonchev–Trinajstić information content (AvgIpc) is 2.42. The van der Waals surface area contributed by atoms with E-state index >= 15 is 0 Å². The van der Waals surface area contributed by atoms with E-state index in [9.17, 15) is 10.1 Å². The van der Waals surface area contributed by atoms with Gasteiger partial charge in [0.1, 0.15) is 5.75 Å². The second-order valence-corrected chi connectivity index (χ2v) is 5.47. The van der Waals surface area contributed by atoms with Gasteiger partial charge in [-0.3, -0.25) is 10.1 Å². The Balaban J connectivity index is 2.35. The zero-order valence-electron chi connectivity index (χ0n) is 10.3. The van der Waals surface area contributed by atoms with Crippen LogP contribution in [0.2, 0.25) is 15.1 Å². The highest BCUT2D eigenvalue weighted by Gasteiger charge is 2.16. The molecule has 0 saturated heterocycles. The predicted octanol–water partition coefficient (Wildman–Crippen LogP) is 6.09. The monoisotopic (exact) mass is 365 g/mol. The number of non-ortho nitro benzene ring substituents is 1. The maximum Gasteiger partial charge on any atom is 0.272 e. The number of hydrogen-bond donors (Lipinski definition) is 0. The summed E-state index contributed by atoms with van der Waals surface area (Å²) in [5.74, 6) is 0.795. The minimum Gasteiger partial charge on any atom is -0.454 e. The maximum absolute atomic E-state index is 10.7. The van der Waals surface area contributed by atoms with Crippen molar-refractivity contribution in [2.75, 3.05) is 0 Å². The van der Waals surface area contributed by atoms with Crippen molar-refractivity contribution in [2.24, 2.45) is 0 Å². The van der Waals surface area contributed by atoms with E-state index < -0.39 is 4.92 Å². The number of alkyl halides is 1. The topological polar surface area (TPSA) is 52.4 Å². The molecule has 2 aromatic rings. The predicted molar refractivity (Wildman–Crippen MR) is 84.2 cm³/mol. The first-order valence-electron chi connectivity index (χ1n) is 5.58. The molecule has 21 heavy (non-hydrogen) atoms. The van der Waals surface area contributed by atoms with Crippen molar-refractivity contribution in [3.8, 4) is 11.5 Å². The molecule has 0 bridgehead atoms. The summed E-state index contributed by atoms with van der Waals surface area (Å²) in [7, 11) is 0. The first-order valence-corrected chi connectivity index (χ1v) is 7.25. The second-order valence-electron chi connectivity index (χ2n) is 3.98. The second kappa shape index (κ2) is 6.71. The van der Waals surface area contributed by atoms with E-state index in [2.05, 4.69) is 0 Å². The molecule has 0 spiro atoms. The van der Waals surface area contributed by atoms with Crippen LogP contribution in [-0.4, -0.2) is 4.92 Å². The van der Waals surface area contributed by atoms with E-state index in [4.69, 9.17) is 51.1 Å². The lowest BCUT2D eigenvalue weighted by Gasteiger charge is -2.10. The molecule has 0 aliphatic carbocycles. The third-order valence-corrected chi connectivity index (χ3v) is 3.78. The van der Waals surface area contributed by atoms with Crippen LogP contribution in [0, 0.1) is 10.1 Å². The number of nitro groups is 1. The van der Waals surface area contributed by atoms with Gasteiger partial charge in [0, 0.05) is 23.0 Å². The third-order valence-electron chi connectivity index (χ3n) is 2.58. The van der Waals surface area contributed by atoms with E-state index in [0.29, 0.717) is 10.8 Å². The van der Waals surface area contributed by atoms with Crippen LogP contribution in [0.3, 0.4) is 0 Å². The van der Waals surface area contributed by atoms with Crippen molar-refractivity contribution in [3.63, 3.8) is 0 Å². The molecule has 0 saturated carbocycles. The summed E-state index contributed by atoms with van der Waals surface area (Å²) in [4.78, 5) is 10.1. The van der Waals surface area contributed by atoms with Gasteiger partial charge in [-0.2, -0.15) is 0 Å². The van der Waals surface area contributed by atoms with Crippen LogP contribution in [0.5, 0.6) is 11.5 Å². The van der Waals surface area contributed by atoms with Crippen LogP contribution < -0.4 is 4.74 Å². The fourth-order valence-electron chi connectivity index (χ4n) is 1.57. The van der Waals surface area contributed by atoms with Crippen LogP contribution in [0.4, 0.5) is 5.69 Å². The third kappa shape index (κ3) is 3.71. The SMILES string of the molecule is O=[N+]([O-])c1cc(Cl)c(Oc2ccc(CCl)c(Cl)c2)c(Cl)c1. The molecule has 0 amide bonds. The Morgan fingerprint density at radius 2 is 1.67 bits per heavy atom. The van der Waals surface area contributed by atoms with Gasteiger partial charge in [-0.15, -0.1) is 11.6 Å². The standard InChI is InChI=1S/C13H7Cl4NO3/c14-6-7-1-2-9(5-10(7)15)21-13-11(16)3-8(18(19)20)4-12(13)17/h1-5H,6H2. The quantitative estimate of drug-likeness (QED) is 0.374. The Morgan fingerprint density at radius 1 is 1.05 bits per heavy atom. The van der Waals surface area contributed by atoms with Crippen LogP contribution in [0.15, 0.2) is 30.3 Å². The largest absolute Gasteiger partial charge is 0.454 e. The van der Waals surface area contributed by atoms with Gasteiger partial charge in [-0.1, -0.05) is 40.9 Å². The number of nitro benzene ring substituents is 1. The van der Waals surface area contributed by atoms with E-state index in [1.165, 1.54) is 0 Å². The highest BCUT2D eigenvalue weighted by molar-refractivity contribution is 6.37. The minimum absolute atomic E-state index is 0.0340. The molecule has 0 atom stereocenters. The Hall–Kier alpha value is -1.20. The van der Waals surface area contributed by atoms with Gasteiger partial charge in [0.25, 0.3) is 5.69 Å². The summed E-state index contributed by atoms with van der Waals surface area (Å²) in [5.41, 5.74) is 0.541. The maximum atomic E-state index is 10.7. The summed E-state index contributed by atoms with van der Waals surface area (Å²) in [5, 5.41) is 11.2. The zero-order valence-corrected chi connectivity index (χ0v) is 13.3. The van der Waals surface area contributed by atoms with Crippen molar-refractivity contribution in [2.45, 2.75) is 5.88 Å². The molecule has 0 N–H and O–H groups in total. The van der Waals surface area contributed by atoms with Crippen LogP contribution in [0.1, 0.15) is 5.56 Å². The zero-order chi connectivity index (χ0) is 15.6. The molecule has 8 heteroatoms. The lowest BCUT2D eigenvalue weighted by Crippen LogP contribution is -1.92. The molecule has 0 aliphatic heterocycles. The van der Waals surface area contributed by atoms with Crippen molar-refractivity contribution >= 4 is 52.1 Å². The van der Waals surface area contributed by atoms with Crippen LogP contribution in [0.25, 0.3) is 0 Å². The molecule has 0 heterocycles. The fourth-order valence-corrected chi connectivity index (χ4v) is 2.66. The molecule has 0 unspecified atom stereocenters. The Morgan fingerprint density at radius 3 is 2.14 bits per heavy atom. The highest BCUT2D eigenvalue weighted by atomic mass is 35.5. The first kappa shape index (κ1) is 16.2. The summed E-state index contributed by atoms with van der Waals surface area (Å²) in [6, 6.07) is 7.25. The lowest BCUT2D eigenvalue weighted by atomic mass is 10.2. The van der Waals surface area contributed by atoms with E-state index in [1.807, 2.05) is 0 Å². The van der Waals surface area contributed by atoms with Gasteiger partial charge >= 0.3 is 0 Å². The number of nitrogens with zero attached hydrogens (tertiary/aromatic N) is 1. The van der Waals surface area contributed by atoms with Gasteiger partial charge in [-0.25, -0.2) is 0 Å². The molecule has 2 aromatic carbocycles. The molecular weight excluding hydrogens is 360 g/mol. The first-order chi connectivity index (χ1) is 9.92. The van der Waals surface area contributed by atoms with Gasteiger partial charge in [0.05, 0.1) is 15.0 Å². The number of hydrogen-bond acceptors (Lipinski definition) is 3. The summed E-state index contributed by atoms with van der Waals surface area (Å²) < 4.78 is 5.54. The number of benzene rings is 2. The van der Waals surface area contributed by atoms with Crippen molar-refractivity contribution in [1.29, 1.82) is 0 Å². The molecule has 110 valence electrons. The molecule has 0 radical (unpaired) electrons. The molecule has 4 nitrogen and oxygen atoms in total. The van der Waals surface area contributed by atoms with Crippen molar-refractivity contribution < 1.29 is 9.66 Å². The molecular formula is C13H7Cl4NO3. The van der Waals surface area contributed by atoms with E-state index in [-0.39, 0.29) is 27.4 Å². The van der Waals surface area contributed by atoms with Crippen molar-refractivity contribution in [3.05, 3.63) is 61.1 Å². The lowest BCUT2D eigenvalue weighted by molar-refractivity contribution is -0.384. The smallest absolute Gasteiger partial charge is 0.272 e. The Labute approximate surface area is 140 Å². The Kier molecular flexibility index (Phi) is 5.17. The molecule has 2 rings (SSSR count). The van der Waals surface area contributed by atoms with Gasteiger partial charge < -0.3 is 4.74 Å². The number of halogens is 4. The van der Waals surface area contributed by atoms with Crippen molar-refractivity contribution in [1.82, 2.24) is 0 Å². The summed E-state index contributed by atoms with van der Waals surface area (Å²) in [6.45, 7) is 0. The van der Waals surface area contributed by atoms with Crippen LogP contribution >= 0.6 is 46.4 Å². The highest BCUT2D eigenvalue weighted by Crippen LogP contribution is 2.40. The summed E-state index contributed by atoms with van der Waals surface area (Å²) in [6.07, 6.45) is 0. The normalized spacial score (nSPS) is 10.5. The molecule has 0 fully saturated rings. The molecule has 0 aromatic heterocycles. The van der Waals surface area contributed by atoms with E-state index in [0.717, 1.165) is 17.7 Å². The average molecular weight is 367 g/mol. The van der Waals surface area contributed by atoms with Gasteiger partial charge in [0.15, 0.2) is 5.75 Å². The number of rotatable bonds is 4. The van der Waals surface area contributed by atoms with Crippen LogP contribution in [-0.2, 0) is 5.88 Å². The van der Waals surface area contributed by atoms with Gasteiger partial charge in [-0.05, 0) is 17.7 Å². The number of ether oxygens (including phenoxy) is 1. The van der Waals surface area contributed by atoms with E-state index in [1.54, 1.807) is 18.2 Å². The van der Waals surface area contributed by atoms with Gasteiger partial charge in [0.2, 0.25) is 0 Å². The molecule has 0 aliphatic rings. The fraction of sp³-hybridized carbons (Fsp3) is 0.0769. The Bertz CT molecular complexity index is 683. The summed E-state index contributed by atoms with van der Waals surface area (Å²) >= 11 is 23.7.